The molecule has 1 heterocycles. The number of fused-ring (bicyclic) bond motifs is 1. The number of nitriles is 1. The monoisotopic (exact) mass is 338 g/mol. The summed E-state index contributed by atoms with van der Waals surface area (Å²) in [7, 11) is 0. The van der Waals surface area contributed by atoms with Crippen LogP contribution in [0, 0.1) is 28.4 Å². The Morgan fingerprint density at radius 2 is 2.17 bits per heavy atom. The van der Waals surface area contributed by atoms with Gasteiger partial charge in [0.25, 0.3) is 5.69 Å². The van der Waals surface area contributed by atoms with Crippen LogP contribution in [-0.4, -0.2) is 14.9 Å². The summed E-state index contributed by atoms with van der Waals surface area (Å²) in [5.74, 6) is 0.390. The maximum absolute atomic E-state index is 10.9. The summed E-state index contributed by atoms with van der Waals surface area (Å²) in [5.41, 5.74) is 3.16. The van der Waals surface area contributed by atoms with Gasteiger partial charge >= 0.3 is 0 Å². The molecule has 0 fully saturated rings. The first-order valence-electron chi connectivity index (χ1n) is 7.00. The SMILES string of the molecule is Cc1ccc2nc(/C(C#N)=C/c3cc([N+](=O)[O-])ccc3Cl)[nH]c2c1. The number of halogens is 1. The fraction of sp³-hybridized carbons (Fsp3) is 0.0588. The summed E-state index contributed by atoms with van der Waals surface area (Å²) >= 11 is 6.08. The molecule has 0 spiro atoms. The number of benzene rings is 2. The Labute approximate surface area is 142 Å². The smallest absolute Gasteiger partial charge is 0.270 e. The van der Waals surface area contributed by atoms with Gasteiger partial charge in [-0.15, -0.1) is 0 Å². The molecule has 6 nitrogen and oxygen atoms in total. The number of hydrogen-bond acceptors (Lipinski definition) is 4. The van der Waals surface area contributed by atoms with Gasteiger partial charge in [-0.1, -0.05) is 17.7 Å². The van der Waals surface area contributed by atoms with E-state index in [0.29, 0.717) is 16.4 Å². The van der Waals surface area contributed by atoms with E-state index in [0.717, 1.165) is 16.6 Å². The number of rotatable bonds is 3. The van der Waals surface area contributed by atoms with Crippen molar-refractivity contribution in [2.24, 2.45) is 0 Å². The lowest BCUT2D eigenvalue weighted by atomic mass is 10.1. The van der Waals surface area contributed by atoms with Crippen LogP contribution in [0.3, 0.4) is 0 Å². The van der Waals surface area contributed by atoms with Crippen molar-refractivity contribution in [3.63, 3.8) is 0 Å². The van der Waals surface area contributed by atoms with Gasteiger partial charge in [-0.2, -0.15) is 5.26 Å². The zero-order valence-corrected chi connectivity index (χ0v) is 13.3. The van der Waals surface area contributed by atoms with Gasteiger partial charge in [0.05, 0.1) is 21.5 Å². The number of allylic oxidation sites excluding steroid dienone is 1. The first kappa shape index (κ1) is 15.7. The quantitative estimate of drug-likeness (QED) is 0.432. The summed E-state index contributed by atoms with van der Waals surface area (Å²) in [5, 5.41) is 20.7. The second-order valence-corrected chi connectivity index (χ2v) is 5.65. The molecule has 0 aliphatic heterocycles. The second-order valence-electron chi connectivity index (χ2n) is 5.24. The molecule has 0 unspecified atom stereocenters. The predicted octanol–water partition coefficient (Wildman–Crippen LogP) is 4.50. The Bertz CT molecular complexity index is 1030. The van der Waals surface area contributed by atoms with Crippen LogP contribution in [0.25, 0.3) is 22.7 Å². The fourth-order valence-corrected chi connectivity index (χ4v) is 2.49. The van der Waals surface area contributed by atoms with Crippen molar-refractivity contribution in [1.82, 2.24) is 9.97 Å². The number of nitro benzene ring substituents is 1. The van der Waals surface area contributed by atoms with E-state index in [-0.39, 0.29) is 11.3 Å². The summed E-state index contributed by atoms with van der Waals surface area (Å²) in [4.78, 5) is 17.9. The van der Waals surface area contributed by atoms with Gasteiger partial charge in [-0.25, -0.2) is 4.98 Å². The average molecular weight is 339 g/mol. The van der Waals surface area contributed by atoms with Crippen LogP contribution >= 0.6 is 11.6 Å². The third-order valence-electron chi connectivity index (χ3n) is 3.50. The summed E-state index contributed by atoms with van der Waals surface area (Å²) in [6.45, 7) is 1.96. The van der Waals surface area contributed by atoms with Crippen LogP contribution in [0.1, 0.15) is 17.0 Å². The van der Waals surface area contributed by atoms with Gasteiger partial charge in [0.1, 0.15) is 11.9 Å². The summed E-state index contributed by atoms with van der Waals surface area (Å²) < 4.78 is 0. The number of aromatic amines is 1. The van der Waals surface area contributed by atoms with Crippen molar-refractivity contribution >= 4 is 40.0 Å². The van der Waals surface area contributed by atoms with Crippen molar-refractivity contribution in [3.8, 4) is 6.07 Å². The van der Waals surface area contributed by atoms with Crippen LogP contribution in [0.2, 0.25) is 5.02 Å². The molecular formula is C17H11ClN4O2. The molecule has 0 saturated carbocycles. The molecule has 3 rings (SSSR count). The van der Waals surface area contributed by atoms with Crippen LogP contribution in [0.5, 0.6) is 0 Å². The molecule has 1 N–H and O–H groups in total. The van der Waals surface area contributed by atoms with Gasteiger partial charge in [0, 0.05) is 22.7 Å². The molecule has 0 bridgehead atoms. The van der Waals surface area contributed by atoms with Crippen molar-refractivity contribution in [1.29, 1.82) is 5.26 Å². The molecule has 0 atom stereocenters. The molecule has 118 valence electrons. The lowest BCUT2D eigenvalue weighted by Gasteiger charge is -2.00. The van der Waals surface area contributed by atoms with Crippen molar-refractivity contribution in [2.45, 2.75) is 6.92 Å². The van der Waals surface area contributed by atoms with E-state index >= 15 is 0 Å². The average Bonchev–Trinajstić information content (AvgIpc) is 2.96. The largest absolute Gasteiger partial charge is 0.337 e. The molecule has 3 aromatic rings. The number of imidazole rings is 1. The highest BCUT2D eigenvalue weighted by Gasteiger charge is 2.12. The predicted molar refractivity (Wildman–Crippen MR) is 92.4 cm³/mol. The number of aromatic nitrogens is 2. The number of non-ortho nitro benzene ring substituents is 1. The van der Waals surface area contributed by atoms with Crippen molar-refractivity contribution in [3.05, 3.63) is 68.5 Å². The zero-order chi connectivity index (χ0) is 17.3. The minimum atomic E-state index is -0.510. The van der Waals surface area contributed by atoms with Crippen molar-refractivity contribution in [2.75, 3.05) is 0 Å². The number of H-pyrrole nitrogens is 1. The van der Waals surface area contributed by atoms with Crippen LogP contribution in [-0.2, 0) is 0 Å². The third-order valence-corrected chi connectivity index (χ3v) is 3.85. The van der Waals surface area contributed by atoms with Crippen LogP contribution in [0.15, 0.2) is 36.4 Å². The van der Waals surface area contributed by atoms with Crippen molar-refractivity contribution < 1.29 is 4.92 Å². The zero-order valence-electron chi connectivity index (χ0n) is 12.6. The van der Waals surface area contributed by atoms with Crippen LogP contribution in [0.4, 0.5) is 5.69 Å². The maximum Gasteiger partial charge on any atom is 0.270 e. The van der Waals surface area contributed by atoms with E-state index < -0.39 is 4.92 Å². The molecular weight excluding hydrogens is 328 g/mol. The van der Waals surface area contributed by atoms with E-state index in [9.17, 15) is 15.4 Å². The Morgan fingerprint density at radius 3 is 2.88 bits per heavy atom. The van der Waals surface area contributed by atoms with E-state index in [1.807, 2.05) is 25.1 Å². The number of aryl methyl sites for hydroxylation is 1. The number of nitro groups is 1. The Morgan fingerprint density at radius 1 is 1.38 bits per heavy atom. The molecule has 0 aliphatic carbocycles. The van der Waals surface area contributed by atoms with Gasteiger partial charge < -0.3 is 4.98 Å². The minimum absolute atomic E-state index is 0.0943. The highest BCUT2D eigenvalue weighted by molar-refractivity contribution is 6.32. The first-order valence-corrected chi connectivity index (χ1v) is 7.38. The van der Waals surface area contributed by atoms with E-state index in [2.05, 4.69) is 16.0 Å². The standard InChI is InChI=1S/C17H11ClN4O2/c1-10-2-5-15-16(6-10)21-17(20-15)12(9-19)7-11-8-13(22(23)24)3-4-14(11)18/h2-8H,1H3,(H,20,21)/b12-7+. The lowest BCUT2D eigenvalue weighted by Crippen LogP contribution is -1.90. The van der Waals surface area contributed by atoms with E-state index in [4.69, 9.17) is 11.6 Å². The van der Waals surface area contributed by atoms with Crippen LogP contribution < -0.4 is 0 Å². The number of hydrogen-bond donors (Lipinski definition) is 1. The molecule has 0 amide bonds. The third kappa shape index (κ3) is 2.98. The summed E-state index contributed by atoms with van der Waals surface area (Å²) in [6, 6.07) is 11.9. The second kappa shape index (κ2) is 6.14. The molecule has 0 saturated heterocycles. The molecule has 2 aromatic carbocycles. The first-order chi connectivity index (χ1) is 11.5. The topological polar surface area (TPSA) is 95.6 Å². The van der Waals surface area contributed by atoms with Gasteiger partial charge in [-0.3, -0.25) is 10.1 Å². The Hall–Kier alpha value is -3.17. The van der Waals surface area contributed by atoms with Gasteiger partial charge in [0.2, 0.25) is 0 Å². The molecule has 1 aromatic heterocycles. The highest BCUT2D eigenvalue weighted by atomic mass is 35.5. The summed E-state index contributed by atoms with van der Waals surface area (Å²) in [6.07, 6.45) is 1.49. The number of nitrogens with one attached hydrogen (secondary N) is 1. The molecule has 24 heavy (non-hydrogen) atoms. The van der Waals surface area contributed by atoms with Gasteiger partial charge in [-0.05, 0) is 36.8 Å². The lowest BCUT2D eigenvalue weighted by molar-refractivity contribution is -0.384. The normalized spacial score (nSPS) is 11.5. The Kier molecular flexibility index (Phi) is 4.02. The minimum Gasteiger partial charge on any atom is -0.337 e. The van der Waals surface area contributed by atoms with E-state index in [1.54, 1.807) is 0 Å². The molecule has 0 radical (unpaired) electrons. The van der Waals surface area contributed by atoms with E-state index in [1.165, 1.54) is 24.3 Å². The highest BCUT2D eigenvalue weighted by Crippen LogP contribution is 2.26. The molecule has 7 heteroatoms. The molecule has 0 aliphatic rings. The maximum atomic E-state index is 10.9. The van der Waals surface area contributed by atoms with Gasteiger partial charge in [0.15, 0.2) is 0 Å². The fourth-order valence-electron chi connectivity index (χ4n) is 2.32. The Balaban J connectivity index is 2.10. The number of nitrogens with zero attached hydrogens (tertiary/aromatic N) is 3.